The summed E-state index contributed by atoms with van der Waals surface area (Å²) < 4.78 is 0. The fraction of sp³-hybridized carbons (Fsp3) is 0.462. The van der Waals surface area contributed by atoms with Crippen molar-refractivity contribution in [2.24, 2.45) is 5.92 Å². The lowest BCUT2D eigenvalue weighted by molar-refractivity contribution is -0.141. The lowest BCUT2D eigenvalue weighted by Crippen LogP contribution is -2.33. The Morgan fingerprint density at radius 1 is 1.44 bits per heavy atom. The van der Waals surface area contributed by atoms with Crippen LogP contribution in [0.3, 0.4) is 0 Å². The van der Waals surface area contributed by atoms with Gasteiger partial charge in [0.2, 0.25) is 0 Å². The Labute approximate surface area is 106 Å². The van der Waals surface area contributed by atoms with Gasteiger partial charge in [-0.15, -0.1) is 0 Å². The number of hydrogen-bond acceptors (Lipinski definition) is 3. The van der Waals surface area contributed by atoms with Crippen LogP contribution in [0.25, 0.3) is 0 Å². The van der Waals surface area contributed by atoms with Crippen LogP contribution in [0.5, 0.6) is 0 Å². The standard InChI is InChI=1S/C13H18N2O3/c1-3-4-10(13(17)18)8-15-12(16)11-5-9(2)6-14-7-11/h5-7,10H,3-4,8H2,1-2H3,(H,15,16)(H,17,18). The minimum atomic E-state index is -0.875. The highest BCUT2D eigenvalue weighted by Gasteiger charge is 2.17. The molecule has 5 nitrogen and oxygen atoms in total. The molecule has 98 valence electrons. The molecule has 0 spiro atoms. The van der Waals surface area contributed by atoms with Crippen LogP contribution >= 0.6 is 0 Å². The number of aromatic nitrogens is 1. The molecule has 0 fully saturated rings. The number of hydrogen-bond donors (Lipinski definition) is 2. The second kappa shape index (κ2) is 6.74. The third kappa shape index (κ3) is 4.16. The molecule has 0 saturated carbocycles. The van der Waals surface area contributed by atoms with Gasteiger partial charge in [-0.3, -0.25) is 14.6 Å². The molecule has 1 rings (SSSR count). The Morgan fingerprint density at radius 3 is 2.72 bits per heavy atom. The first-order chi connectivity index (χ1) is 8.54. The highest BCUT2D eigenvalue weighted by atomic mass is 16.4. The third-order valence-corrected chi connectivity index (χ3v) is 2.63. The maximum absolute atomic E-state index is 11.8. The molecule has 0 aliphatic rings. The molecule has 0 radical (unpaired) electrons. The zero-order valence-electron chi connectivity index (χ0n) is 10.6. The number of aryl methyl sites for hydroxylation is 1. The Kier molecular flexibility index (Phi) is 5.30. The molecule has 5 heteroatoms. The van der Waals surface area contributed by atoms with Gasteiger partial charge in [0.05, 0.1) is 11.5 Å². The number of nitrogens with zero attached hydrogens (tertiary/aromatic N) is 1. The fourth-order valence-corrected chi connectivity index (χ4v) is 1.66. The number of carboxylic acid groups (broad SMARTS) is 1. The average molecular weight is 250 g/mol. The van der Waals surface area contributed by atoms with E-state index in [1.165, 1.54) is 6.20 Å². The van der Waals surface area contributed by atoms with Crippen molar-refractivity contribution in [1.82, 2.24) is 10.3 Å². The SMILES string of the molecule is CCCC(CNC(=O)c1cncc(C)c1)C(=O)O. The van der Waals surface area contributed by atoms with Crippen molar-refractivity contribution in [3.8, 4) is 0 Å². The molecule has 1 amide bonds. The van der Waals surface area contributed by atoms with E-state index in [0.717, 1.165) is 12.0 Å². The number of carbonyl (C=O) groups is 2. The van der Waals surface area contributed by atoms with E-state index in [2.05, 4.69) is 10.3 Å². The lowest BCUT2D eigenvalue weighted by atomic mass is 10.0. The number of carbonyl (C=O) groups excluding carboxylic acids is 1. The number of aliphatic carboxylic acids is 1. The van der Waals surface area contributed by atoms with E-state index < -0.39 is 11.9 Å². The first-order valence-electron chi connectivity index (χ1n) is 5.97. The topological polar surface area (TPSA) is 79.3 Å². The van der Waals surface area contributed by atoms with Crippen molar-refractivity contribution in [2.45, 2.75) is 26.7 Å². The molecule has 1 atom stereocenters. The number of pyridine rings is 1. The van der Waals surface area contributed by atoms with Gasteiger partial charge in [-0.25, -0.2) is 0 Å². The maximum Gasteiger partial charge on any atom is 0.308 e. The molecular weight excluding hydrogens is 232 g/mol. The molecule has 1 aromatic heterocycles. The smallest absolute Gasteiger partial charge is 0.308 e. The zero-order valence-corrected chi connectivity index (χ0v) is 10.6. The molecule has 0 saturated heterocycles. The van der Waals surface area contributed by atoms with E-state index in [9.17, 15) is 9.59 Å². The Balaban J connectivity index is 2.57. The largest absolute Gasteiger partial charge is 0.481 e. The van der Waals surface area contributed by atoms with Gasteiger partial charge in [-0.1, -0.05) is 13.3 Å². The van der Waals surface area contributed by atoms with Crippen LogP contribution < -0.4 is 5.32 Å². The monoisotopic (exact) mass is 250 g/mol. The van der Waals surface area contributed by atoms with Crippen LogP contribution in [0.2, 0.25) is 0 Å². The summed E-state index contributed by atoms with van der Waals surface area (Å²) >= 11 is 0. The Bertz CT molecular complexity index is 432. The van der Waals surface area contributed by atoms with Crippen LogP contribution in [0.1, 0.15) is 35.7 Å². The summed E-state index contributed by atoms with van der Waals surface area (Å²) in [7, 11) is 0. The molecule has 1 aromatic rings. The van der Waals surface area contributed by atoms with Crippen LogP contribution in [0.4, 0.5) is 0 Å². The molecule has 0 aliphatic carbocycles. The maximum atomic E-state index is 11.8. The van der Waals surface area contributed by atoms with E-state index in [1.54, 1.807) is 12.3 Å². The summed E-state index contributed by atoms with van der Waals surface area (Å²) in [5.41, 5.74) is 1.35. The van der Waals surface area contributed by atoms with Gasteiger partial charge in [-0.05, 0) is 25.0 Å². The third-order valence-electron chi connectivity index (χ3n) is 2.63. The van der Waals surface area contributed by atoms with Crippen molar-refractivity contribution in [3.05, 3.63) is 29.6 Å². The average Bonchev–Trinajstić information content (AvgIpc) is 2.33. The van der Waals surface area contributed by atoms with E-state index in [0.29, 0.717) is 12.0 Å². The van der Waals surface area contributed by atoms with Crippen molar-refractivity contribution in [1.29, 1.82) is 0 Å². The highest BCUT2D eigenvalue weighted by molar-refractivity contribution is 5.94. The van der Waals surface area contributed by atoms with E-state index in [4.69, 9.17) is 5.11 Å². The van der Waals surface area contributed by atoms with Gasteiger partial charge in [0.15, 0.2) is 0 Å². The Morgan fingerprint density at radius 2 is 2.17 bits per heavy atom. The highest BCUT2D eigenvalue weighted by Crippen LogP contribution is 2.06. The van der Waals surface area contributed by atoms with Crippen molar-refractivity contribution < 1.29 is 14.7 Å². The van der Waals surface area contributed by atoms with Crippen LogP contribution in [-0.4, -0.2) is 28.5 Å². The first kappa shape index (κ1) is 14.2. The van der Waals surface area contributed by atoms with Crippen molar-refractivity contribution in [2.75, 3.05) is 6.54 Å². The number of amides is 1. The van der Waals surface area contributed by atoms with E-state index in [-0.39, 0.29) is 12.5 Å². The van der Waals surface area contributed by atoms with Gasteiger partial charge in [-0.2, -0.15) is 0 Å². The summed E-state index contributed by atoms with van der Waals surface area (Å²) in [5.74, 6) is -1.69. The molecule has 0 aromatic carbocycles. The molecule has 1 heterocycles. The van der Waals surface area contributed by atoms with Crippen molar-refractivity contribution >= 4 is 11.9 Å². The van der Waals surface area contributed by atoms with Gasteiger partial charge in [0.25, 0.3) is 5.91 Å². The van der Waals surface area contributed by atoms with Crippen molar-refractivity contribution in [3.63, 3.8) is 0 Å². The summed E-state index contributed by atoms with van der Waals surface area (Å²) in [4.78, 5) is 26.6. The van der Waals surface area contributed by atoms with E-state index >= 15 is 0 Å². The quantitative estimate of drug-likeness (QED) is 0.804. The normalized spacial score (nSPS) is 11.9. The van der Waals surface area contributed by atoms with Crippen LogP contribution in [0.15, 0.2) is 18.5 Å². The minimum Gasteiger partial charge on any atom is -0.481 e. The minimum absolute atomic E-state index is 0.149. The molecule has 0 aliphatic heterocycles. The number of rotatable bonds is 6. The molecule has 0 bridgehead atoms. The second-order valence-electron chi connectivity index (χ2n) is 4.28. The van der Waals surface area contributed by atoms with Gasteiger partial charge < -0.3 is 10.4 Å². The predicted octanol–water partition coefficient (Wildman–Crippen LogP) is 1.62. The van der Waals surface area contributed by atoms with Crippen LogP contribution in [0, 0.1) is 12.8 Å². The summed E-state index contributed by atoms with van der Waals surface area (Å²) in [5, 5.41) is 11.6. The molecular formula is C13H18N2O3. The van der Waals surface area contributed by atoms with Gasteiger partial charge >= 0.3 is 5.97 Å². The number of nitrogens with one attached hydrogen (secondary N) is 1. The summed E-state index contributed by atoms with van der Waals surface area (Å²) in [6.45, 7) is 3.92. The summed E-state index contributed by atoms with van der Waals surface area (Å²) in [6, 6.07) is 1.72. The zero-order chi connectivity index (χ0) is 13.5. The summed E-state index contributed by atoms with van der Waals surface area (Å²) in [6.07, 6.45) is 4.46. The van der Waals surface area contributed by atoms with Gasteiger partial charge in [0, 0.05) is 18.9 Å². The van der Waals surface area contributed by atoms with Gasteiger partial charge in [0.1, 0.15) is 0 Å². The lowest BCUT2D eigenvalue weighted by Gasteiger charge is -2.12. The Hall–Kier alpha value is -1.91. The second-order valence-corrected chi connectivity index (χ2v) is 4.28. The predicted molar refractivity (Wildman–Crippen MR) is 67.3 cm³/mol. The molecule has 1 unspecified atom stereocenters. The molecule has 2 N–H and O–H groups in total. The van der Waals surface area contributed by atoms with Crippen LogP contribution in [-0.2, 0) is 4.79 Å². The number of carboxylic acids is 1. The fourth-order valence-electron chi connectivity index (χ4n) is 1.66. The first-order valence-corrected chi connectivity index (χ1v) is 5.97. The van der Waals surface area contributed by atoms with E-state index in [1.807, 2.05) is 13.8 Å². The molecule has 18 heavy (non-hydrogen) atoms.